The van der Waals surface area contributed by atoms with Gasteiger partial charge in [-0.05, 0) is 38.1 Å². The number of nitrogens with one attached hydrogen (secondary N) is 1. The predicted molar refractivity (Wildman–Crippen MR) is 61.9 cm³/mol. The molecule has 0 aromatic rings. The molecule has 0 heterocycles. The van der Waals surface area contributed by atoms with Crippen LogP contribution in [0.4, 0.5) is 0 Å². The molecule has 1 aliphatic rings. The third kappa shape index (κ3) is 3.74. The van der Waals surface area contributed by atoms with Gasteiger partial charge in [-0.25, -0.2) is 0 Å². The Morgan fingerprint density at radius 3 is 2.40 bits per heavy atom. The van der Waals surface area contributed by atoms with Gasteiger partial charge in [0.15, 0.2) is 0 Å². The first-order chi connectivity index (χ1) is 7.12. The van der Waals surface area contributed by atoms with E-state index < -0.39 is 0 Å². The van der Waals surface area contributed by atoms with Crippen LogP contribution in [0, 0.1) is 5.92 Å². The SMILES string of the molecule is COC1CCC(CO)(NCC(C)C)CC1. The van der Waals surface area contributed by atoms with E-state index in [4.69, 9.17) is 4.74 Å². The summed E-state index contributed by atoms with van der Waals surface area (Å²) in [5.74, 6) is 0.633. The van der Waals surface area contributed by atoms with Gasteiger partial charge in [-0.15, -0.1) is 0 Å². The maximum Gasteiger partial charge on any atom is 0.0613 e. The Morgan fingerprint density at radius 2 is 2.00 bits per heavy atom. The second-order valence-corrected chi connectivity index (χ2v) is 5.15. The van der Waals surface area contributed by atoms with Crippen LogP contribution in [0.1, 0.15) is 39.5 Å². The van der Waals surface area contributed by atoms with E-state index in [2.05, 4.69) is 19.2 Å². The van der Waals surface area contributed by atoms with Crippen molar-refractivity contribution in [2.45, 2.75) is 51.2 Å². The first kappa shape index (κ1) is 12.9. The third-order valence-corrected chi connectivity index (χ3v) is 3.41. The molecule has 3 nitrogen and oxygen atoms in total. The summed E-state index contributed by atoms with van der Waals surface area (Å²) in [6.07, 6.45) is 4.55. The molecule has 2 N–H and O–H groups in total. The van der Waals surface area contributed by atoms with Gasteiger partial charge in [-0.3, -0.25) is 0 Å². The molecule has 0 aliphatic heterocycles. The lowest BCUT2D eigenvalue weighted by Gasteiger charge is -2.39. The van der Waals surface area contributed by atoms with Crippen molar-refractivity contribution in [2.75, 3.05) is 20.3 Å². The molecule has 3 heteroatoms. The molecule has 0 spiro atoms. The second-order valence-electron chi connectivity index (χ2n) is 5.15. The Balaban J connectivity index is 2.41. The fourth-order valence-corrected chi connectivity index (χ4v) is 2.19. The fourth-order valence-electron chi connectivity index (χ4n) is 2.19. The highest BCUT2D eigenvalue weighted by Gasteiger charge is 2.34. The molecule has 1 fully saturated rings. The molecule has 90 valence electrons. The lowest BCUT2D eigenvalue weighted by Crippen LogP contribution is -2.52. The van der Waals surface area contributed by atoms with Gasteiger partial charge in [-0.1, -0.05) is 13.8 Å². The zero-order chi connectivity index (χ0) is 11.3. The summed E-state index contributed by atoms with van der Waals surface area (Å²) < 4.78 is 5.35. The van der Waals surface area contributed by atoms with E-state index in [1.807, 2.05) is 0 Å². The zero-order valence-electron chi connectivity index (χ0n) is 10.3. The monoisotopic (exact) mass is 215 g/mol. The topological polar surface area (TPSA) is 41.5 Å². The van der Waals surface area contributed by atoms with Gasteiger partial charge >= 0.3 is 0 Å². The lowest BCUT2D eigenvalue weighted by molar-refractivity contribution is 0.0223. The van der Waals surface area contributed by atoms with Crippen molar-refractivity contribution >= 4 is 0 Å². The van der Waals surface area contributed by atoms with Crippen LogP contribution >= 0.6 is 0 Å². The molecule has 1 saturated carbocycles. The van der Waals surface area contributed by atoms with E-state index in [-0.39, 0.29) is 12.1 Å². The molecular weight excluding hydrogens is 190 g/mol. The number of hydrogen-bond donors (Lipinski definition) is 2. The van der Waals surface area contributed by atoms with Crippen LogP contribution in [0.2, 0.25) is 0 Å². The normalized spacial score (nSPS) is 32.2. The molecule has 0 saturated heterocycles. The van der Waals surface area contributed by atoms with E-state index in [1.54, 1.807) is 7.11 Å². The Kier molecular flexibility index (Phi) is 5.03. The van der Waals surface area contributed by atoms with Crippen LogP contribution in [-0.2, 0) is 4.74 Å². The maximum atomic E-state index is 9.51. The Labute approximate surface area is 93.2 Å². The van der Waals surface area contributed by atoms with Crippen molar-refractivity contribution in [3.8, 4) is 0 Å². The standard InChI is InChI=1S/C12H25NO2/c1-10(2)8-13-12(9-14)6-4-11(15-3)5-7-12/h10-11,13-14H,4-9H2,1-3H3. The minimum Gasteiger partial charge on any atom is -0.394 e. The largest absolute Gasteiger partial charge is 0.394 e. The quantitative estimate of drug-likeness (QED) is 0.731. The third-order valence-electron chi connectivity index (χ3n) is 3.41. The minimum atomic E-state index is -0.0424. The van der Waals surface area contributed by atoms with E-state index in [9.17, 15) is 5.11 Å². The Morgan fingerprint density at radius 1 is 1.40 bits per heavy atom. The molecule has 0 amide bonds. The molecular formula is C12H25NO2. The molecule has 1 aliphatic carbocycles. The molecule has 0 radical (unpaired) electrons. The molecule has 0 aromatic heterocycles. The van der Waals surface area contributed by atoms with Crippen molar-refractivity contribution in [3.63, 3.8) is 0 Å². The van der Waals surface area contributed by atoms with Crippen LogP contribution in [-0.4, -0.2) is 37.0 Å². The van der Waals surface area contributed by atoms with Gasteiger partial charge in [0.25, 0.3) is 0 Å². The first-order valence-electron chi connectivity index (χ1n) is 6.00. The minimum absolute atomic E-state index is 0.0424. The average molecular weight is 215 g/mol. The summed E-state index contributed by atoms with van der Waals surface area (Å²) >= 11 is 0. The van der Waals surface area contributed by atoms with Gasteiger partial charge in [0.05, 0.1) is 12.7 Å². The van der Waals surface area contributed by atoms with Crippen molar-refractivity contribution in [1.29, 1.82) is 0 Å². The lowest BCUT2D eigenvalue weighted by atomic mass is 9.80. The molecule has 1 rings (SSSR count). The van der Waals surface area contributed by atoms with Crippen LogP contribution in [0.3, 0.4) is 0 Å². The number of methoxy groups -OCH3 is 1. The van der Waals surface area contributed by atoms with E-state index in [1.165, 1.54) is 0 Å². The van der Waals surface area contributed by atoms with Gasteiger partial charge in [0, 0.05) is 12.6 Å². The maximum absolute atomic E-state index is 9.51. The summed E-state index contributed by atoms with van der Waals surface area (Å²) in [6.45, 7) is 5.62. The smallest absolute Gasteiger partial charge is 0.0613 e. The Hall–Kier alpha value is -0.120. The number of ether oxygens (including phenoxy) is 1. The molecule has 0 bridgehead atoms. The highest BCUT2D eigenvalue weighted by molar-refractivity contribution is 4.93. The van der Waals surface area contributed by atoms with Gasteiger partial charge < -0.3 is 15.2 Å². The number of hydrogen-bond acceptors (Lipinski definition) is 3. The highest BCUT2D eigenvalue weighted by Crippen LogP contribution is 2.29. The number of aliphatic hydroxyl groups excluding tert-OH is 1. The summed E-state index contributed by atoms with van der Waals surface area (Å²) in [6, 6.07) is 0. The van der Waals surface area contributed by atoms with Crippen molar-refractivity contribution < 1.29 is 9.84 Å². The van der Waals surface area contributed by atoms with Crippen LogP contribution in [0.25, 0.3) is 0 Å². The summed E-state index contributed by atoms with van der Waals surface area (Å²) in [5.41, 5.74) is -0.0424. The molecule has 15 heavy (non-hydrogen) atoms. The second kappa shape index (κ2) is 5.83. The highest BCUT2D eigenvalue weighted by atomic mass is 16.5. The average Bonchev–Trinajstić information content (AvgIpc) is 2.27. The predicted octanol–water partition coefficient (Wildman–Crippen LogP) is 1.55. The molecule has 0 aromatic carbocycles. The number of rotatable bonds is 5. The van der Waals surface area contributed by atoms with Crippen LogP contribution in [0.5, 0.6) is 0 Å². The van der Waals surface area contributed by atoms with Crippen LogP contribution in [0.15, 0.2) is 0 Å². The van der Waals surface area contributed by atoms with Gasteiger partial charge in [-0.2, -0.15) is 0 Å². The van der Waals surface area contributed by atoms with Gasteiger partial charge in [0.2, 0.25) is 0 Å². The van der Waals surface area contributed by atoms with Crippen molar-refractivity contribution in [3.05, 3.63) is 0 Å². The van der Waals surface area contributed by atoms with E-state index in [0.717, 1.165) is 32.2 Å². The van der Waals surface area contributed by atoms with Gasteiger partial charge in [0.1, 0.15) is 0 Å². The first-order valence-corrected chi connectivity index (χ1v) is 6.00. The van der Waals surface area contributed by atoms with E-state index >= 15 is 0 Å². The summed E-state index contributed by atoms with van der Waals surface area (Å²) in [7, 11) is 1.78. The summed E-state index contributed by atoms with van der Waals surface area (Å²) in [4.78, 5) is 0. The van der Waals surface area contributed by atoms with E-state index in [0.29, 0.717) is 12.0 Å². The molecule has 0 unspecified atom stereocenters. The molecule has 0 atom stereocenters. The number of aliphatic hydroxyl groups is 1. The summed E-state index contributed by atoms with van der Waals surface area (Å²) in [5, 5.41) is 13.0. The zero-order valence-corrected chi connectivity index (χ0v) is 10.3. The van der Waals surface area contributed by atoms with Crippen LogP contribution < -0.4 is 5.32 Å². The Bertz CT molecular complexity index is 174. The fraction of sp³-hybridized carbons (Fsp3) is 1.00. The van der Waals surface area contributed by atoms with Crippen molar-refractivity contribution in [1.82, 2.24) is 5.32 Å². The van der Waals surface area contributed by atoms with Crippen molar-refractivity contribution in [2.24, 2.45) is 5.92 Å².